The van der Waals surface area contributed by atoms with Crippen molar-refractivity contribution in [3.63, 3.8) is 0 Å². The first-order valence-corrected chi connectivity index (χ1v) is 6.43. The summed E-state index contributed by atoms with van der Waals surface area (Å²) < 4.78 is 5.59. The van der Waals surface area contributed by atoms with E-state index in [0.29, 0.717) is 17.4 Å². The molecule has 1 heterocycles. The van der Waals surface area contributed by atoms with E-state index >= 15 is 0 Å². The van der Waals surface area contributed by atoms with Crippen LogP contribution in [0.5, 0.6) is 0 Å². The molecule has 16 heavy (non-hydrogen) atoms. The Morgan fingerprint density at radius 2 is 2.06 bits per heavy atom. The number of rotatable bonds is 6. The van der Waals surface area contributed by atoms with Crippen molar-refractivity contribution in [2.24, 2.45) is 11.3 Å². The fraction of sp³-hybridized carbons (Fsp3) is 1.00. The van der Waals surface area contributed by atoms with Crippen LogP contribution in [-0.2, 0) is 4.74 Å². The normalized spacial score (nSPS) is 27.9. The van der Waals surface area contributed by atoms with Crippen molar-refractivity contribution in [2.45, 2.75) is 33.2 Å². The van der Waals surface area contributed by atoms with E-state index in [9.17, 15) is 0 Å². The molecular formula is C13H28N2O. The highest BCUT2D eigenvalue weighted by Gasteiger charge is 2.36. The summed E-state index contributed by atoms with van der Waals surface area (Å²) in [6, 6.07) is 0.634. The molecule has 0 amide bonds. The van der Waals surface area contributed by atoms with Crippen LogP contribution in [-0.4, -0.2) is 51.3 Å². The van der Waals surface area contributed by atoms with Gasteiger partial charge in [-0.1, -0.05) is 13.8 Å². The van der Waals surface area contributed by atoms with Crippen molar-refractivity contribution in [3.05, 3.63) is 0 Å². The lowest BCUT2D eigenvalue weighted by atomic mass is 9.86. The third kappa shape index (κ3) is 3.44. The van der Waals surface area contributed by atoms with Crippen LogP contribution in [0.4, 0.5) is 0 Å². The van der Waals surface area contributed by atoms with Crippen molar-refractivity contribution in [1.82, 2.24) is 10.2 Å². The van der Waals surface area contributed by atoms with Crippen molar-refractivity contribution >= 4 is 0 Å². The number of ether oxygens (including phenoxy) is 1. The van der Waals surface area contributed by atoms with E-state index in [0.717, 1.165) is 26.3 Å². The summed E-state index contributed by atoms with van der Waals surface area (Å²) in [6.45, 7) is 10.9. The van der Waals surface area contributed by atoms with Gasteiger partial charge in [-0.2, -0.15) is 0 Å². The number of hydrogen-bond donors (Lipinski definition) is 1. The highest BCUT2D eigenvalue weighted by Crippen LogP contribution is 2.29. The predicted molar refractivity (Wildman–Crippen MR) is 68.7 cm³/mol. The van der Waals surface area contributed by atoms with Crippen LogP contribution < -0.4 is 5.32 Å². The lowest BCUT2D eigenvalue weighted by molar-refractivity contribution is 0.0941. The van der Waals surface area contributed by atoms with Crippen LogP contribution in [0.1, 0.15) is 27.2 Å². The molecule has 0 saturated carbocycles. The van der Waals surface area contributed by atoms with E-state index in [1.165, 1.54) is 6.42 Å². The van der Waals surface area contributed by atoms with Crippen LogP contribution in [0.2, 0.25) is 0 Å². The Morgan fingerprint density at radius 3 is 2.50 bits per heavy atom. The predicted octanol–water partition coefficient (Wildman–Crippen LogP) is 1.59. The first-order valence-electron chi connectivity index (χ1n) is 6.43. The molecule has 0 bridgehead atoms. The highest BCUT2D eigenvalue weighted by atomic mass is 16.5. The average molecular weight is 228 g/mol. The van der Waals surface area contributed by atoms with E-state index in [4.69, 9.17) is 4.74 Å². The zero-order valence-corrected chi connectivity index (χ0v) is 11.5. The molecule has 0 aromatic heterocycles. The summed E-state index contributed by atoms with van der Waals surface area (Å²) in [7, 11) is 4.27. The van der Waals surface area contributed by atoms with Gasteiger partial charge in [0.1, 0.15) is 0 Å². The molecule has 1 aliphatic rings. The third-order valence-corrected chi connectivity index (χ3v) is 3.98. The van der Waals surface area contributed by atoms with Crippen molar-refractivity contribution in [1.29, 1.82) is 0 Å². The summed E-state index contributed by atoms with van der Waals surface area (Å²) in [5.41, 5.74) is 0.326. The van der Waals surface area contributed by atoms with E-state index < -0.39 is 0 Å². The Balaban J connectivity index is 2.54. The maximum Gasteiger partial charge on any atom is 0.0547 e. The monoisotopic (exact) mass is 228 g/mol. The standard InChI is InChI=1S/C13H28N2O/c1-11(2)12(3)15(5)9-13(8-14-4)6-7-16-10-13/h11-12,14H,6-10H2,1-5H3. The zero-order valence-electron chi connectivity index (χ0n) is 11.5. The quantitative estimate of drug-likeness (QED) is 0.747. The largest absolute Gasteiger partial charge is 0.381 e. The first-order chi connectivity index (χ1) is 7.51. The Labute approximate surface area is 101 Å². The summed E-state index contributed by atoms with van der Waals surface area (Å²) in [5.74, 6) is 0.707. The van der Waals surface area contributed by atoms with Gasteiger partial charge < -0.3 is 15.0 Å². The fourth-order valence-electron chi connectivity index (χ4n) is 2.53. The summed E-state index contributed by atoms with van der Waals surface area (Å²) in [5, 5.41) is 3.32. The Hall–Kier alpha value is -0.120. The van der Waals surface area contributed by atoms with E-state index in [1.807, 2.05) is 7.05 Å². The molecule has 0 radical (unpaired) electrons. The van der Waals surface area contributed by atoms with E-state index in [2.05, 4.69) is 38.0 Å². The third-order valence-electron chi connectivity index (χ3n) is 3.98. The molecule has 2 unspecified atom stereocenters. The van der Waals surface area contributed by atoms with Gasteiger partial charge in [0.25, 0.3) is 0 Å². The van der Waals surface area contributed by atoms with Gasteiger partial charge >= 0.3 is 0 Å². The molecule has 3 nitrogen and oxygen atoms in total. The van der Waals surface area contributed by atoms with Gasteiger partial charge in [-0.3, -0.25) is 0 Å². The SMILES string of the molecule is CNCC1(CN(C)C(C)C(C)C)CCOC1. The molecule has 1 aliphatic heterocycles. The number of nitrogens with one attached hydrogen (secondary N) is 1. The van der Waals surface area contributed by atoms with Crippen LogP contribution in [0.3, 0.4) is 0 Å². The molecule has 1 saturated heterocycles. The Bertz CT molecular complexity index is 200. The average Bonchev–Trinajstić information content (AvgIpc) is 2.65. The number of hydrogen-bond acceptors (Lipinski definition) is 3. The fourth-order valence-corrected chi connectivity index (χ4v) is 2.53. The molecule has 1 rings (SSSR count). The smallest absolute Gasteiger partial charge is 0.0547 e. The molecule has 0 aliphatic carbocycles. The zero-order chi connectivity index (χ0) is 12.2. The van der Waals surface area contributed by atoms with Crippen LogP contribution in [0.25, 0.3) is 0 Å². The minimum atomic E-state index is 0.326. The number of nitrogens with zero attached hydrogens (tertiary/aromatic N) is 1. The highest BCUT2D eigenvalue weighted by molar-refractivity contribution is 4.88. The molecule has 0 aromatic carbocycles. The second-order valence-electron chi connectivity index (χ2n) is 5.73. The van der Waals surface area contributed by atoms with E-state index in [1.54, 1.807) is 0 Å². The molecule has 0 spiro atoms. The molecule has 1 N–H and O–H groups in total. The van der Waals surface area contributed by atoms with Crippen LogP contribution in [0.15, 0.2) is 0 Å². The second-order valence-corrected chi connectivity index (χ2v) is 5.73. The van der Waals surface area contributed by atoms with Gasteiger partial charge in [0, 0.05) is 31.2 Å². The molecule has 0 aromatic rings. The molecule has 3 heteroatoms. The van der Waals surface area contributed by atoms with Gasteiger partial charge in [-0.25, -0.2) is 0 Å². The first kappa shape index (κ1) is 13.9. The second kappa shape index (κ2) is 5.99. The Morgan fingerprint density at radius 1 is 1.38 bits per heavy atom. The summed E-state index contributed by atoms with van der Waals surface area (Å²) in [4.78, 5) is 2.48. The molecular weight excluding hydrogens is 200 g/mol. The molecule has 96 valence electrons. The molecule has 1 fully saturated rings. The lowest BCUT2D eigenvalue weighted by Gasteiger charge is -2.36. The van der Waals surface area contributed by atoms with Gasteiger partial charge in [-0.05, 0) is 33.4 Å². The maximum atomic E-state index is 5.59. The van der Waals surface area contributed by atoms with E-state index in [-0.39, 0.29) is 0 Å². The Kier molecular flexibility index (Phi) is 5.22. The van der Waals surface area contributed by atoms with Crippen molar-refractivity contribution in [2.75, 3.05) is 40.4 Å². The van der Waals surface area contributed by atoms with Crippen molar-refractivity contribution < 1.29 is 4.74 Å². The van der Waals surface area contributed by atoms with Crippen LogP contribution >= 0.6 is 0 Å². The summed E-state index contributed by atoms with van der Waals surface area (Å²) >= 11 is 0. The van der Waals surface area contributed by atoms with Gasteiger partial charge in [0.15, 0.2) is 0 Å². The van der Waals surface area contributed by atoms with Crippen molar-refractivity contribution in [3.8, 4) is 0 Å². The summed E-state index contributed by atoms with van der Waals surface area (Å²) in [6.07, 6.45) is 1.18. The van der Waals surface area contributed by atoms with Gasteiger partial charge in [0.2, 0.25) is 0 Å². The minimum absolute atomic E-state index is 0.326. The minimum Gasteiger partial charge on any atom is -0.381 e. The topological polar surface area (TPSA) is 24.5 Å². The molecule has 2 atom stereocenters. The maximum absolute atomic E-state index is 5.59. The van der Waals surface area contributed by atoms with Gasteiger partial charge in [-0.15, -0.1) is 0 Å². The van der Waals surface area contributed by atoms with Crippen LogP contribution in [0, 0.1) is 11.3 Å². The lowest BCUT2D eigenvalue weighted by Crippen LogP contribution is -2.46. The van der Waals surface area contributed by atoms with Gasteiger partial charge in [0.05, 0.1) is 6.61 Å².